The van der Waals surface area contributed by atoms with Crippen LogP contribution >= 0.6 is 34.7 Å². The lowest BCUT2D eigenvalue weighted by atomic mass is 10.2. The Bertz CT molecular complexity index is 920. The second-order valence-corrected chi connectivity index (χ2v) is 7.00. The zero-order valence-corrected chi connectivity index (χ0v) is 15.3. The van der Waals surface area contributed by atoms with Crippen LogP contribution in [0.1, 0.15) is 23.5 Å². The number of nitrogens with zero attached hydrogens (tertiary/aromatic N) is 3. The van der Waals surface area contributed by atoms with E-state index in [1.807, 2.05) is 32.0 Å². The smallest absolute Gasteiger partial charge is 0.239 e. The monoisotopic (exact) mass is 383 g/mol. The molecule has 3 N–H and O–H groups in total. The third-order valence-corrected chi connectivity index (χ3v) is 5.70. The third-order valence-electron chi connectivity index (χ3n) is 3.71. The van der Waals surface area contributed by atoms with E-state index in [-0.39, 0.29) is 12.6 Å². The maximum atomic E-state index is 11.1. The van der Waals surface area contributed by atoms with Gasteiger partial charge >= 0.3 is 0 Å². The van der Waals surface area contributed by atoms with Crippen LogP contribution in [0.15, 0.2) is 18.2 Å². The standard InChI is InChI=1S/C15H15Cl2N5OS/c1-7(14-13(16)15(17)21-24-14)19-9-3-4-10-8(2)22(6-12(18)23)20-11(10)5-9/h3-5,7,19H,6H2,1-2H3,(H2,18,23)/t7-/m1/s1. The number of hydrogen-bond acceptors (Lipinski definition) is 5. The van der Waals surface area contributed by atoms with E-state index >= 15 is 0 Å². The highest BCUT2D eigenvalue weighted by Crippen LogP contribution is 2.35. The van der Waals surface area contributed by atoms with Crippen LogP contribution < -0.4 is 11.1 Å². The summed E-state index contributed by atoms with van der Waals surface area (Å²) < 4.78 is 5.66. The minimum atomic E-state index is -0.422. The lowest BCUT2D eigenvalue weighted by Gasteiger charge is -2.13. The van der Waals surface area contributed by atoms with Crippen LogP contribution in [0.25, 0.3) is 10.9 Å². The van der Waals surface area contributed by atoms with Gasteiger partial charge in [-0.25, -0.2) is 0 Å². The van der Waals surface area contributed by atoms with Crippen molar-refractivity contribution >= 4 is 57.2 Å². The maximum absolute atomic E-state index is 11.1. The Labute approximate surface area is 152 Å². The minimum absolute atomic E-state index is 0.0475. The summed E-state index contributed by atoms with van der Waals surface area (Å²) in [5.41, 5.74) is 7.83. The number of halogens is 2. The number of carbonyl (C=O) groups excluding carboxylic acids is 1. The van der Waals surface area contributed by atoms with Gasteiger partial charge in [-0.1, -0.05) is 23.2 Å². The fourth-order valence-corrected chi connectivity index (χ4v) is 3.80. The molecule has 24 heavy (non-hydrogen) atoms. The molecule has 6 nitrogen and oxygen atoms in total. The summed E-state index contributed by atoms with van der Waals surface area (Å²) in [7, 11) is 0. The van der Waals surface area contributed by atoms with Crippen LogP contribution in [0.4, 0.5) is 5.69 Å². The molecule has 126 valence electrons. The Balaban J connectivity index is 1.88. The molecule has 0 aliphatic heterocycles. The van der Waals surface area contributed by atoms with Crippen LogP contribution in [0, 0.1) is 6.92 Å². The average molecular weight is 384 g/mol. The number of nitrogens with one attached hydrogen (secondary N) is 1. The van der Waals surface area contributed by atoms with Gasteiger partial charge in [0.05, 0.1) is 21.5 Å². The molecule has 9 heteroatoms. The first-order valence-electron chi connectivity index (χ1n) is 7.19. The molecule has 3 rings (SSSR count). The van der Waals surface area contributed by atoms with Crippen molar-refractivity contribution in [1.29, 1.82) is 0 Å². The van der Waals surface area contributed by atoms with Gasteiger partial charge in [0.1, 0.15) is 6.54 Å². The quantitative estimate of drug-likeness (QED) is 0.701. The van der Waals surface area contributed by atoms with E-state index in [4.69, 9.17) is 28.9 Å². The molecule has 2 heterocycles. The molecule has 0 saturated heterocycles. The zero-order valence-electron chi connectivity index (χ0n) is 13.0. The molecule has 1 atom stereocenters. The Morgan fingerprint density at radius 3 is 2.83 bits per heavy atom. The van der Waals surface area contributed by atoms with E-state index in [9.17, 15) is 4.79 Å². The average Bonchev–Trinajstić information content (AvgIpc) is 3.00. The maximum Gasteiger partial charge on any atom is 0.239 e. The van der Waals surface area contributed by atoms with Gasteiger partial charge in [-0.2, -0.15) is 9.47 Å². The van der Waals surface area contributed by atoms with Gasteiger partial charge < -0.3 is 11.1 Å². The number of hydrogen-bond donors (Lipinski definition) is 2. The fraction of sp³-hybridized carbons (Fsp3) is 0.267. The van der Waals surface area contributed by atoms with Crippen molar-refractivity contribution in [3.05, 3.63) is 38.9 Å². The van der Waals surface area contributed by atoms with E-state index in [0.29, 0.717) is 10.2 Å². The normalized spacial score (nSPS) is 12.5. The molecule has 0 spiro atoms. The van der Waals surface area contributed by atoms with Crippen molar-refractivity contribution in [2.45, 2.75) is 26.4 Å². The van der Waals surface area contributed by atoms with Gasteiger partial charge in [0.25, 0.3) is 0 Å². The van der Waals surface area contributed by atoms with Crippen LogP contribution in [0.5, 0.6) is 0 Å². The molecule has 0 saturated carbocycles. The van der Waals surface area contributed by atoms with Crippen LogP contribution in [-0.4, -0.2) is 20.1 Å². The number of rotatable bonds is 5. The molecule has 3 aromatic rings. The molecule has 2 aromatic heterocycles. The number of nitrogens with two attached hydrogens (primary N) is 1. The number of amides is 1. The molecule has 0 aliphatic carbocycles. The van der Waals surface area contributed by atoms with Gasteiger partial charge in [-0.3, -0.25) is 9.48 Å². The largest absolute Gasteiger partial charge is 0.378 e. The lowest BCUT2D eigenvalue weighted by molar-refractivity contribution is -0.118. The van der Waals surface area contributed by atoms with Crippen molar-refractivity contribution in [2.24, 2.45) is 5.73 Å². The molecule has 1 amide bonds. The number of aryl methyl sites for hydroxylation is 1. The van der Waals surface area contributed by atoms with Gasteiger partial charge in [0.2, 0.25) is 5.91 Å². The summed E-state index contributed by atoms with van der Waals surface area (Å²) in [6.45, 7) is 3.96. The summed E-state index contributed by atoms with van der Waals surface area (Å²) in [5.74, 6) is -0.422. The number of benzene rings is 1. The lowest BCUT2D eigenvalue weighted by Crippen LogP contribution is -2.20. The SMILES string of the molecule is Cc1c2ccc(N[C@H](C)c3snc(Cl)c3Cl)cc2nn1CC(N)=O. The highest BCUT2D eigenvalue weighted by atomic mass is 35.5. The number of anilines is 1. The first kappa shape index (κ1) is 17.0. The number of fused-ring (bicyclic) bond motifs is 1. The van der Waals surface area contributed by atoms with Crippen LogP contribution in [-0.2, 0) is 11.3 Å². The van der Waals surface area contributed by atoms with E-state index in [1.165, 1.54) is 11.5 Å². The van der Waals surface area contributed by atoms with Crippen molar-refractivity contribution < 1.29 is 4.79 Å². The number of aromatic nitrogens is 3. The molecule has 0 radical (unpaired) electrons. The highest BCUT2D eigenvalue weighted by Gasteiger charge is 2.17. The van der Waals surface area contributed by atoms with Crippen molar-refractivity contribution in [2.75, 3.05) is 5.32 Å². The van der Waals surface area contributed by atoms with Gasteiger partial charge in [0, 0.05) is 16.8 Å². The highest BCUT2D eigenvalue weighted by molar-refractivity contribution is 7.07. The summed E-state index contributed by atoms with van der Waals surface area (Å²) in [6.07, 6.45) is 0. The fourth-order valence-electron chi connectivity index (χ4n) is 2.51. The van der Waals surface area contributed by atoms with E-state index in [2.05, 4.69) is 14.8 Å². The predicted molar refractivity (Wildman–Crippen MR) is 97.8 cm³/mol. The second-order valence-electron chi connectivity index (χ2n) is 5.46. The zero-order chi connectivity index (χ0) is 17.4. The molecule has 1 aromatic carbocycles. The Morgan fingerprint density at radius 1 is 1.46 bits per heavy atom. The van der Waals surface area contributed by atoms with Gasteiger partial charge in [-0.05, 0) is 43.6 Å². The van der Waals surface area contributed by atoms with Crippen LogP contribution in [0.2, 0.25) is 10.2 Å². The second kappa shape index (κ2) is 6.58. The Kier molecular flexibility index (Phi) is 4.67. The van der Waals surface area contributed by atoms with E-state index in [1.54, 1.807) is 4.68 Å². The first-order valence-corrected chi connectivity index (χ1v) is 8.72. The molecular formula is C15H15Cl2N5OS. The summed E-state index contributed by atoms with van der Waals surface area (Å²) in [4.78, 5) is 12.0. The topological polar surface area (TPSA) is 85.8 Å². The van der Waals surface area contributed by atoms with E-state index < -0.39 is 5.91 Å². The number of carbonyl (C=O) groups is 1. The number of primary amides is 1. The first-order chi connectivity index (χ1) is 11.4. The van der Waals surface area contributed by atoms with Crippen molar-refractivity contribution in [1.82, 2.24) is 14.2 Å². The molecular weight excluding hydrogens is 369 g/mol. The molecule has 0 unspecified atom stereocenters. The predicted octanol–water partition coefficient (Wildman–Crippen LogP) is 3.77. The van der Waals surface area contributed by atoms with Crippen molar-refractivity contribution in [3.63, 3.8) is 0 Å². The van der Waals surface area contributed by atoms with E-state index in [0.717, 1.165) is 27.2 Å². The third kappa shape index (κ3) is 3.19. The Morgan fingerprint density at radius 2 is 2.21 bits per heavy atom. The molecule has 0 bridgehead atoms. The van der Waals surface area contributed by atoms with Gasteiger partial charge in [0.15, 0.2) is 5.15 Å². The van der Waals surface area contributed by atoms with Crippen LogP contribution in [0.3, 0.4) is 0 Å². The summed E-state index contributed by atoms with van der Waals surface area (Å²) >= 11 is 13.3. The summed E-state index contributed by atoms with van der Waals surface area (Å²) in [6, 6.07) is 5.80. The molecule has 0 fully saturated rings. The minimum Gasteiger partial charge on any atom is -0.378 e. The summed E-state index contributed by atoms with van der Waals surface area (Å²) in [5, 5.41) is 9.57. The van der Waals surface area contributed by atoms with Gasteiger partial charge in [-0.15, -0.1) is 0 Å². The molecule has 0 aliphatic rings. The Hall–Kier alpha value is -1.83. The van der Waals surface area contributed by atoms with Crippen molar-refractivity contribution in [3.8, 4) is 0 Å².